The van der Waals surface area contributed by atoms with Gasteiger partial charge in [-0.15, -0.1) is 11.8 Å². The number of hydrogen-bond acceptors (Lipinski definition) is 5. The summed E-state index contributed by atoms with van der Waals surface area (Å²) in [4.78, 5) is 4.12. The Morgan fingerprint density at radius 2 is 2.18 bits per heavy atom. The minimum atomic E-state index is -4.55. The molecule has 5 nitrogen and oxygen atoms in total. The van der Waals surface area contributed by atoms with E-state index in [9.17, 15) is 13.2 Å². The standard InChI is InChI=1S/C12H9ClF3N5S/c1-2-22-9-8(4-17)20-21(10(9)18)11-7(13)3-6(5-19-11)12(14,15)16/h3,5H,2,18H2,1H3. The van der Waals surface area contributed by atoms with Crippen LogP contribution in [-0.4, -0.2) is 20.5 Å². The molecule has 0 spiro atoms. The molecule has 0 radical (unpaired) electrons. The van der Waals surface area contributed by atoms with Crippen LogP contribution in [0.2, 0.25) is 5.02 Å². The van der Waals surface area contributed by atoms with E-state index in [1.807, 2.05) is 13.0 Å². The molecule has 0 amide bonds. The number of aromatic nitrogens is 3. The van der Waals surface area contributed by atoms with E-state index in [-0.39, 0.29) is 22.4 Å². The van der Waals surface area contributed by atoms with Crippen molar-refractivity contribution >= 4 is 29.2 Å². The molecule has 0 atom stereocenters. The molecule has 2 aromatic rings. The summed E-state index contributed by atoms with van der Waals surface area (Å²) in [5.74, 6) is 0.697. The lowest BCUT2D eigenvalue weighted by molar-refractivity contribution is -0.137. The van der Waals surface area contributed by atoms with Crippen LogP contribution in [0, 0.1) is 11.3 Å². The van der Waals surface area contributed by atoms with Crippen LogP contribution in [0.4, 0.5) is 19.0 Å². The van der Waals surface area contributed by atoms with E-state index in [1.54, 1.807) is 0 Å². The maximum atomic E-state index is 12.6. The number of nitrogens with two attached hydrogens (primary N) is 1. The van der Waals surface area contributed by atoms with Gasteiger partial charge in [0.2, 0.25) is 0 Å². The highest BCUT2D eigenvalue weighted by Gasteiger charge is 2.32. The summed E-state index contributed by atoms with van der Waals surface area (Å²) in [5, 5.41) is 12.7. The van der Waals surface area contributed by atoms with Crippen molar-refractivity contribution in [2.24, 2.45) is 0 Å². The maximum absolute atomic E-state index is 12.6. The third kappa shape index (κ3) is 2.98. The van der Waals surface area contributed by atoms with Gasteiger partial charge in [-0.2, -0.15) is 28.2 Å². The smallest absolute Gasteiger partial charge is 0.383 e. The van der Waals surface area contributed by atoms with Gasteiger partial charge in [-0.05, 0) is 11.8 Å². The van der Waals surface area contributed by atoms with Crippen molar-refractivity contribution in [2.45, 2.75) is 18.0 Å². The summed E-state index contributed by atoms with van der Waals surface area (Å²) in [6.07, 6.45) is -3.91. The number of halogens is 4. The molecule has 0 fully saturated rings. The number of alkyl halides is 3. The van der Waals surface area contributed by atoms with Crippen LogP contribution in [0.5, 0.6) is 0 Å². The van der Waals surface area contributed by atoms with E-state index in [4.69, 9.17) is 22.6 Å². The van der Waals surface area contributed by atoms with Crippen molar-refractivity contribution in [3.63, 3.8) is 0 Å². The Balaban J connectivity index is 2.56. The van der Waals surface area contributed by atoms with Crippen molar-refractivity contribution in [3.05, 3.63) is 28.5 Å². The molecule has 2 aromatic heterocycles. The Hall–Kier alpha value is -1.92. The average Bonchev–Trinajstić information content (AvgIpc) is 2.75. The molecule has 0 aliphatic carbocycles. The minimum Gasteiger partial charge on any atom is -0.383 e. The van der Waals surface area contributed by atoms with Gasteiger partial charge in [-0.1, -0.05) is 18.5 Å². The predicted octanol–water partition coefficient (Wildman–Crippen LogP) is 3.51. The molecule has 2 N–H and O–H groups in total. The summed E-state index contributed by atoms with van der Waals surface area (Å²) in [5.41, 5.74) is 4.99. The Kier molecular flexibility index (Phi) is 4.53. The third-order valence-electron chi connectivity index (χ3n) is 2.62. The Bertz CT molecular complexity index is 750. The van der Waals surface area contributed by atoms with Crippen molar-refractivity contribution in [3.8, 4) is 11.9 Å². The van der Waals surface area contributed by atoms with E-state index in [2.05, 4.69) is 10.1 Å². The number of nitriles is 1. The Labute approximate surface area is 132 Å². The molecular formula is C12H9ClF3N5S. The van der Waals surface area contributed by atoms with Crippen molar-refractivity contribution in [1.82, 2.24) is 14.8 Å². The minimum absolute atomic E-state index is 0.0633. The molecule has 0 aromatic carbocycles. The zero-order valence-corrected chi connectivity index (χ0v) is 12.7. The molecule has 0 unspecified atom stereocenters. The fourth-order valence-electron chi connectivity index (χ4n) is 1.68. The first-order chi connectivity index (χ1) is 10.3. The Morgan fingerprint density at radius 1 is 1.50 bits per heavy atom. The van der Waals surface area contributed by atoms with Crippen molar-refractivity contribution in [1.29, 1.82) is 5.26 Å². The first kappa shape index (κ1) is 16.5. The van der Waals surface area contributed by atoms with E-state index in [0.29, 0.717) is 16.8 Å². The molecule has 116 valence electrons. The van der Waals surface area contributed by atoms with Gasteiger partial charge in [0, 0.05) is 6.20 Å². The number of thioether (sulfide) groups is 1. The molecule has 0 saturated heterocycles. The van der Waals surface area contributed by atoms with Crippen LogP contribution >= 0.6 is 23.4 Å². The average molecular weight is 348 g/mol. The zero-order valence-electron chi connectivity index (χ0n) is 11.1. The second kappa shape index (κ2) is 6.06. The summed E-state index contributed by atoms with van der Waals surface area (Å²) < 4.78 is 38.9. The first-order valence-electron chi connectivity index (χ1n) is 5.94. The van der Waals surface area contributed by atoms with Gasteiger partial charge in [0.05, 0.1) is 15.5 Å². The lowest BCUT2D eigenvalue weighted by atomic mass is 10.3. The summed E-state index contributed by atoms with van der Waals surface area (Å²) in [7, 11) is 0. The molecule has 0 saturated carbocycles. The van der Waals surface area contributed by atoms with Gasteiger partial charge in [0.15, 0.2) is 11.5 Å². The highest BCUT2D eigenvalue weighted by atomic mass is 35.5. The molecule has 10 heteroatoms. The molecule has 0 aliphatic heterocycles. The predicted molar refractivity (Wildman–Crippen MR) is 76.9 cm³/mol. The highest BCUT2D eigenvalue weighted by molar-refractivity contribution is 7.99. The van der Waals surface area contributed by atoms with Gasteiger partial charge in [-0.25, -0.2) is 4.98 Å². The fourth-order valence-corrected chi connectivity index (χ4v) is 2.67. The van der Waals surface area contributed by atoms with Gasteiger partial charge in [0.25, 0.3) is 0 Å². The summed E-state index contributed by atoms with van der Waals surface area (Å²) >= 11 is 7.16. The molecular weight excluding hydrogens is 339 g/mol. The van der Waals surface area contributed by atoms with Gasteiger partial charge >= 0.3 is 6.18 Å². The first-order valence-corrected chi connectivity index (χ1v) is 7.30. The van der Waals surface area contributed by atoms with Gasteiger partial charge in [0.1, 0.15) is 11.9 Å². The third-order valence-corrected chi connectivity index (χ3v) is 3.88. The second-order valence-electron chi connectivity index (χ2n) is 4.05. The summed E-state index contributed by atoms with van der Waals surface area (Å²) in [6.45, 7) is 1.87. The lowest BCUT2D eigenvalue weighted by Crippen LogP contribution is -2.09. The van der Waals surface area contributed by atoms with Crippen LogP contribution in [0.1, 0.15) is 18.2 Å². The molecule has 0 aliphatic rings. The number of rotatable bonds is 3. The lowest BCUT2D eigenvalue weighted by Gasteiger charge is -2.10. The topological polar surface area (TPSA) is 80.5 Å². The largest absolute Gasteiger partial charge is 0.417 e. The van der Waals surface area contributed by atoms with Gasteiger partial charge < -0.3 is 5.73 Å². The number of nitrogens with zero attached hydrogens (tertiary/aromatic N) is 4. The van der Waals surface area contributed by atoms with E-state index in [1.165, 1.54) is 11.8 Å². The van der Waals surface area contributed by atoms with Crippen LogP contribution in [-0.2, 0) is 6.18 Å². The molecule has 2 heterocycles. The number of nitrogen functional groups attached to an aromatic ring is 1. The van der Waals surface area contributed by atoms with E-state index < -0.39 is 11.7 Å². The monoisotopic (exact) mass is 347 g/mol. The second-order valence-corrected chi connectivity index (χ2v) is 5.73. The van der Waals surface area contributed by atoms with Crippen LogP contribution in [0.25, 0.3) is 5.82 Å². The van der Waals surface area contributed by atoms with Gasteiger partial charge in [-0.3, -0.25) is 0 Å². The van der Waals surface area contributed by atoms with Crippen LogP contribution in [0.3, 0.4) is 0 Å². The van der Waals surface area contributed by atoms with E-state index in [0.717, 1.165) is 10.7 Å². The number of hydrogen-bond donors (Lipinski definition) is 1. The quantitative estimate of drug-likeness (QED) is 0.859. The molecule has 2 rings (SSSR count). The van der Waals surface area contributed by atoms with E-state index >= 15 is 0 Å². The SMILES string of the molecule is CCSc1c(C#N)nn(-c2ncc(C(F)(F)F)cc2Cl)c1N. The summed E-state index contributed by atoms with van der Waals surface area (Å²) in [6, 6.07) is 2.62. The fraction of sp³-hybridized carbons (Fsp3) is 0.250. The number of anilines is 1. The maximum Gasteiger partial charge on any atom is 0.417 e. The number of pyridine rings is 1. The van der Waals surface area contributed by atoms with Crippen LogP contribution in [0.15, 0.2) is 17.2 Å². The Morgan fingerprint density at radius 3 is 2.68 bits per heavy atom. The normalized spacial score (nSPS) is 11.5. The molecule has 0 bridgehead atoms. The zero-order chi connectivity index (χ0) is 16.5. The highest BCUT2D eigenvalue weighted by Crippen LogP contribution is 2.34. The van der Waals surface area contributed by atoms with Crippen molar-refractivity contribution in [2.75, 3.05) is 11.5 Å². The molecule has 22 heavy (non-hydrogen) atoms. The van der Waals surface area contributed by atoms with Crippen LogP contribution < -0.4 is 5.73 Å². The van der Waals surface area contributed by atoms with Crippen molar-refractivity contribution < 1.29 is 13.2 Å².